The lowest BCUT2D eigenvalue weighted by atomic mass is 10.1. The molecule has 0 aliphatic heterocycles. The van der Waals surface area contributed by atoms with Crippen molar-refractivity contribution in [3.63, 3.8) is 0 Å². The van der Waals surface area contributed by atoms with Crippen molar-refractivity contribution < 1.29 is 9.47 Å². The van der Waals surface area contributed by atoms with Crippen LogP contribution in [-0.2, 0) is 22.7 Å². The molecule has 112 valence electrons. The Balaban J connectivity index is 1.53. The maximum Gasteiger partial charge on any atom is 0.119 e. The van der Waals surface area contributed by atoms with Gasteiger partial charge < -0.3 is 9.47 Å². The zero-order valence-corrected chi connectivity index (χ0v) is 12.6. The molecule has 0 N–H and O–H groups in total. The van der Waals surface area contributed by atoms with Crippen molar-refractivity contribution in [2.45, 2.75) is 26.1 Å². The van der Waals surface area contributed by atoms with Gasteiger partial charge in [-0.3, -0.25) is 0 Å². The highest BCUT2D eigenvalue weighted by Gasteiger charge is 2.08. The van der Waals surface area contributed by atoms with E-state index in [-0.39, 0.29) is 0 Å². The summed E-state index contributed by atoms with van der Waals surface area (Å²) in [6.07, 6.45) is 6.03. The first kappa shape index (κ1) is 14.5. The van der Waals surface area contributed by atoms with Crippen molar-refractivity contribution in [2.75, 3.05) is 0 Å². The van der Waals surface area contributed by atoms with E-state index in [4.69, 9.17) is 9.47 Å². The minimum absolute atomic E-state index is 0.592. The number of benzene rings is 2. The third kappa shape index (κ3) is 4.26. The van der Waals surface area contributed by atoms with Crippen LogP contribution in [0.2, 0.25) is 0 Å². The zero-order chi connectivity index (χ0) is 15.0. The first-order chi connectivity index (χ1) is 10.9. The monoisotopic (exact) mass is 292 g/mol. The highest BCUT2D eigenvalue weighted by atomic mass is 16.5. The zero-order valence-electron chi connectivity index (χ0n) is 12.6. The number of allylic oxidation sites excluding steroid dienone is 3. The van der Waals surface area contributed by atoms with Crippen LogP contribution in [-0.4, -0.2) is 0 Å². The highest BCUT2D eigenvalue weighted by molar-refractivity contribution is 5.22. The topological polar surface area (TPSA) is 18.5 Å². The van der Waals surface area contributed by atoms with Crippen LogP contribution in [0.4, 0.5) is 0 Å². The minimum Gasteiger partial charge on any atom is -0.493 e. The van der Waals surface area contributed by atoms with E-state index in [9.17, 15) is 0 Å². The van der Waals surface area contributed by atoms with Gasteiger partial charge in [-0.15, -0.1) is 0 Å². The molecule has 0 aromatic heterocycles. The summed E-state index contributed by atoms with van der Waals surface area (Å²) in [5.74, 6) is 1.90. The van der Waals surface area contributed by atoms with E-state index in [0.29, 0.717) is 13.2 Å². The van der Waals surface area contributed by atoms with Gasteiger partial charge in [-0.25, -0.2) is 0 Å². The van der Waals surface area contributed by atoms with Crippen LogP contribution in [0.15, 0.2) is 84.3 Å². The van der Waals surface area contributed by atoms with Crippen LogP contribution in [0.5, 0.6) is 0 Å². The van der Waals surface area contributed by atoms with Gasteiger partial charge in [-0.05, 0) is 23.6 Å². The molecule has 0 bridgehead atoms. The molecule has 0 saturated carbocycles. The molecule has 2 aromatic carbocycles. The number of hydrogen-bond acceptors (Lipinski definition) is 2. The summed E-state index contributed by atoms with van der Waals surface area (Å²) in [5, 5.41) is 0. The van der Waals surface area contributed by atoms with Gasteiger partial charge in [0.15, 0.2) is 0 Å². The molecule has 0 atom stereocenters. The first-order valence-corrected chi connectivity index (χ1v) is 7.64. The maximum atomic E-state index is 5.89. The third-order valence-electron chi connectivity index (χ3n) is 3.55. The Hall–Kier alpha value is -2.48. The van der Waals surface area contributed by atoms with Crippen LogP contribution >= 0.6 is 0 Å². The van der Waals surface area contributed by atoms with Gasteiger partial charge in [-0.2, -0.15) is 0 Å². The molecule has 2 heteroatoms. The van der Waals surface area contributed by atoms with Crippen molar-refractivity contribution in [3.8, 4) is 0 Å². The van der Waals surface area contributed by atoms with Gasteiger partial charge in [-0.1, -0.05) is 60.7 Å². The number of ether oxygens (including phenoxy) is 2. The van der Waals surface area contributed by atoms with Gasteiger partial charge in [0.2, 0.25) is 0 Å². The first-order valence-electron chi connectivity index (χ1n) is 7.64. The van der Waals surface area contributed by atoms with Crippen molar-refractivity contribution in [1.29, 1.82) is 0 Å². The lowest BCUT2D eigenvalue weighted by Crippen LogP contribution is -2.01. The second kappa shape index (κ2) is 7.51. The SMILES string of the molecule is C1=C(OCc2ccccc2)C=C(OCc2ccccc2)CC1. The molecular formula is C20H20O2. The lowest BCUT2D eigenvalue weighted by molar-refractivity contribution is 0.173. The Labute approximate surface area is 131 Å². The summed E-state index contributed by atoms with van der Waals surface area (Å²) < 4.78 is 11.7. The Bertz CT molecular complexity index is 642. The number of rotatable bonds is 6. The maximum absolute atomic E-state index is 5.89. The van der Waals surface area contributed by atoms with E-state index in [1.807, 2.05) is 42.5 Å². The molecule has 22 heavy (non-hydrogen) atoms. The predicted octanol–water partition coefficient (Wildman–Crippen LogP) is 4.98. The normalized spacial score (nSPS) is 14.0. The summed E-state index contributed by atoms with van der Waals surface area (Å²) in [7, 11) is 0. The van der Waals surface area contributed by atoms with Crippen molar-refractivity contribution in [1.82, 2.24) is 0 Å². The van der Waals surface area contributed by atoms with Gasteiger partial charge in [0, 0.05) is 12.5 Å². The fraction of sp³-hybridized carbons (Fsp3) is 0.200. The highest BCUT2D eigenvalue weighted by Crippen LogP contribution is 2.21. The van der Waals surface area contributed by atoms with Crippen LogP contribution < -0.4 is 0 Å². The molecule has 0 heterocycles. The molecule has 2 nitrogen and oxygen atoms in total. The fourth-order valence-corrected chi connectivity index (χ4v) is 2.35. The van der Waals surface area contributed by atoms with Crippen molar-refractivity contribution in [2.24, 2.45) is 0 Å². The Morgan fingerprint density at radius 2 is 1.32 bits per heavy atom. The van der Waals surface area contributed by atoms with E-state index >= 15 is 0 Å². The minimum atomic E-state index is 0.592. The Kier molecular flexibility index (Phi) is 4.93. The Morgan fingerprint density at radius 1 is 0.727 bits per heavy atom. The van der Waals surface area contributed by atoms with Gasteiger partial charge in [0.05, 0.1) is 0 Å². The quantitative estimate of drug-likeness (QED) is 0.747. The van der Waals surface area contributed by atoms with Crippen LogP contribution in [0.1, 0.15) is 24.0 Å². The van der Waals surface area contributed by atoms with Gasteiger partial charge >= 0.3 is 0 Å². The second-order valence-electron chi connectivity index (χ2n) is 5.30. The van der Waals surface area contributed by atoms with Crippen LogP contribution in [0.3, 0.4) is 0 Å². The molecule has 0 unspecified atom stereocenters. The smallest absolute Gasteiger partial charge is 0.119 e. The van der Waals surface area contributed by atoms with Crippen molar-refractivity contribution in [3.05, 3.63) is 95.5 Å². The summed E-state index contributed by atoms with van der Waals surface area (Å²) in [4.78, 5) is 0. The van der Waals surface area contributed by atoms with E-state index in [1.165, 1.54) is 11.1 Å². The molecular weight excluding hydrogens is 272 g/mol. The fourth-order valence-electron chi connectivity index (χ4n) is 2.35. The van der Waals surface area contributed by atoms with E-state index in [1.54, 1.807) is 0 Å². The van der Waals surface area contributed by atoms with E-state index in [2.05, 4.69) is 30.3 Å². The third-order valence-corrected chi connectivity index (χ3v) is 3.55. The largest absolute Gasteiger partial charge is 0.493 e. The molecule has 1 aliphatic rings. The molecule has 2 aromatic rings. The molecule has 0 spiro atoms. The molecule has 0 fully saturated rings. The summed E-state index contributed by atoms with van der Waals surface area (Å²) >= 11 is 0. The predicted molar refractivity (Wildman–Crippen MR) is 87.9 cm³/mol. The van der Waals surface area contributed by atoms with E-state index in [0.717, 1.165) is 24.4 Å². The molecule has 0 saturated heterocycles. The summed E-state index contributed by atoms with van der Waals surface area (Å²) in [6.45, 7) is 1.20. The molecule has 1 aliphatic carbocycles. The average molecular weight is 292 g/mol. The average Bonchev–Trinajstić information content (AvgIpc) is 2.60. The van der Waals surface area contributed by atoms with Gasteiger partial charge in [0.1, 0.15) is 24.7 Å². The number of hydrogen-bond donors (Lipinski definition) is 0. The van der Waals surface area contributed by atoms with Gasteiger partial charge in [0.25, 0.3) is 0 Å². The molecule has 0 radical (unpaired) electrons. The summed E-state index contributed by atoms with van der Waals surface area (Å²) in [5.41, 5.74) is 2.36. The second-order valence-corrected chi connectivity index (χ2v) is 5.30. The van der Waals surface area contributed by atoms with E-state index < -0.39 is 0 Å². The standard InChI is InChI=1S/C20H20O2/c1-3-8-17(9-4-1)15-21-19-12-7-13-20(14-19)22-16-18-10-5-2-6-11-18/h1-6,8-12,14H,7,13,15-16H2. The molecule has 3 rings (SSSR count). The molecule has 0 amide bonds. The lowest BCUT2D eigenvalue weighted by Gasteiger charge is -2.16. The van der Waals surface area contributed by atoms with Crippen molar-refractivity contribution >= 4 is 0 Å². The summed E-state index contributed by atoms with van der Waals surface area (Å²) in [6, 6.07) is 20.4. The Morgan fingerprint density at radius 3 is 1.95 bits per heavy atom. The van der Waals surface area contributed by atoms with Crippen LogP contribution in [0.25, 0.3) is 0 Å². The van der Waals surface area contributed by atoms with Crippen LogP contribution in [0, 0.1) is 0 Å².